The lowest BCUT2D eigenvalue weighted by molar-refractivity contribution is -0.384. The van der Waals surface area contributed by atoms with Crippen molar-refractivity contribution in [3.63, 3.8) is 0 Å². The van der Waals surface area contributed by atoms with Crippen LogP contribution < -0.4 is 0 Å². The van der Waals surface area contributed by atoms with Crippen molar-refractivity contribution in [2.45, 2.75) is 25.9 Å². The van der Waals surface area contributed by atoms with Gasteiger partial charge in [-0.2, -0.15) is 0 Å². The third kappa shape index (κ3) is 1.88. The lowest BCUT2D eigenvalue weighted by atomic mass is 9.85. The predicted molar refractivity (Wildman–Crippen MR) is 93.9 cm³/mol. The molecule has 4 atom stereocenters. The molecular weight excluding hydrogens is 459 g/mol. The summed E-state index contributed by atoms with van der Waals surface area (Å²) in [6.07, 6.45) is 0.309. The summed E-state index contributed by atoms with van der Waals surface area (Å²) in [7, 11) is 0. The zero-order valence-electron chi connectivity index (χ0n) is 10.6. The molecule has 2 aliphatic rings. The minimum absolute atomic E-state index is 0.0369. The molecule has 2 bridgehead atoms. The summed E-state index contributed by atoms with van der Waals surface area (Å²) in [5.41, 5.74) is 0.601. The van der Waals surface area contributed by atoms with Gasteiger partial charge in [-0.25, -0.2) is 0 Å². The van der Waals surface area contributed by atoms with E-state index in [1.807, 2.05) is 0 Å². The van der Waals surface area contributed by atoms with Crippen LogP contribution in [-0.4, -0.2) is 18.5 Å². The van der Waals surface area contributed by atoms with Crippen molar-refractivity contribution < 1.29 is 4.92 Å². The number of rotatable bonds is 2. The molecule has 3 nitrogen and oxygen atoms in total. The average Bonchev–Trinajstić information content (AvgIpc) is 2.69. The number of hydrogen-bond acceptors (Lipinski definition) is 2. The van der Waals surface area contributed by atoms with Gasteiger partial charge in [0.15, 0.2) is 0 Å². The van der Waals surface area contributed by atoms with Crippen LogP contribution in [0.3, 0.4) is 0 Å². The van der Waals surface area contributed by atoms with Crippen molar-refractivity contribution in [1.82, 2.24) is 0 Å². The molecule has 0 spiro atoms. The van der Waals surface area contributed by atoms with Crippen LogP contribution in [0.25, 0.3) is 0 Å². The molecule has 0 aliphatic heterocycles. The zero-order chi connectivity index (χ0) is 16.5. The average molecular weight is 466 g/mol. The molecule has 0 heterocycles. The fourth-order valence-electron chi connectivity index (χ4n) is 3.11. The van der Waals surface area contributed by atoms with Crippen LogP contribution in [-0.2, 0) is 0 Å². The molecule has 3 rings (SSSR count). The van der Waals surface area contributed by atoms with Crippen molar-refractivity contribution >= 4 is 79.6 Å². The summed E-state index contributed by atoms with van der Waals surface area (Å²) < 4.78 is -1.29. The van der Waals surface area contributed by atoms with E-state index in [-0.39, 0.29) is 15.8 Å². The number of allylic oxidation sites excluding steroid dienone is 2. The van der Waals surface area contributed by atoms with Gasteiger partial charge in [-0.1, -0.05) is 51.3 Å². The van der Waals surface area contributed by atoms with E-state index in [9.17, 15) is 10.1 Å². The lowest BCUT2D eigenvalue weighted by Crippen LogP contribution is -2.43. The number of nitro benzene ring substituents is 1. The van der Waals surface area contributed by atoms with Crippen molar-refractivity contribution in [3.05, 3.63) is 50.0 Å². The Kier molecular flexibility index (Phi) is 4.00. The highest BCUT2D eigenvalue weighted by molar-refractivity contribution is 9.10. The van der Waals surface area contributed by atoms with Crippen molar-refractivity contribution in [2.75, 3.05) is 0 Å². The molecule has 1 saturated carbocycles. The second-order valence-electron chi connectivity index (χ2n) is 5.32. The fraction of sp³-hybridized carbons (Fsp3) is 0.385. The second kappa shape index (κ2) is 5.14. The van der Waals surface area contributed by atoms with E-state index in [1.54, 1.807) is 12.1 Å². The Hall–Kier alpha value is 0.290. The summed E-state index contributed by atoms with van der Waals surface area (Å²) in [5, 5.41) is 11.3. The van der Waals surface area contributed by atoms with Gasteiger partial charge >= 0.3 is 0 Å². The third-order valence-electron chi connectivity index (χ3n) is 4.26. The van der Waals surface area contributed by atoms with Crippen LogP contribution in [0.15, 0.2) is 34.3 Å². The summed E-state index contributed by atoms with van der Waals surface area (Å²) in [6.45, 7) is 0. The summed E-state index contributed by atoms with van der Waals surface area (Å²) >= 11 is 35.8. The molecule has 1 aromatic rings. The molecule has 22 heavy (non-hydrogen) atoms. The highest BCUT2D eigenvalue weighted by atomic mass is 79.9. The Morgan fingerprint density at radius 2 is 1.86 bits per heavy atom. The van der Waals surface area contributed by atoms with Gasteiger partial charge in [-0.3, -0.25) is 10.1 Å². The molecule has 2 aliphatic carbocycles. The summed E-state index contributed by atoms with van der Waals surface area (Å²) in [5.74, 6) is -0.418. The first-order valence-corrected chi connectivity index (χ1v) is 8.82. The Morgan fingerprint density at radius 1 is 1.23 bits per heavy atom. The molecule has 0 radical (unpaired) electrons. The quantitative estimate of drug-likeness (QED) is 0.302. The maximum atomic E-state index is 11.0. The van der Waals surface area contributed by atoms with Gasteiger partial charge in [0, 0.05) is 18.1 Å². The Morgan fingerprint density at radius 3 is 2.36 bits per heavy atom. The largest absolute Gasteiger partial charge is 0.269 e. The van der Waals surface area contributed by atoms with Crippen LogP contribution in [0.4, 0.5) is 5.69 Å². The van der Waals surface area contributed by atoms with E-state index in [0.29, 0.717) is 12.0 Å². The molecule has 0 unspecified atom stereocenters. The van der Waals surface area contributed by atoms with E-state index in [4.69, 9.17) is 58.0 Å². The molecule has 1 fully saturated rings. The molecule has 1 aromatic carbocycles. The molecule has 0 N–H and O–H groups in total. The number of alkyl halides is 4. The normalized spacial score (nSPS) is 40.4. The Balaban J connectivity index is 2.17. The van der Waals surface area contributed by atoms with E-state index < -0.39 is 24.4 Å². The van der Waals surface area contributed by atoms with Crippen molar-refractivity contribution in [1.29, 1.82) is 0 Å². The summed E-state index contributed by atoms with van der Waals surface area (Å²) in [6, 6.07) is 6.18. The molecule has 0 amide bonds. The number of benzene rings is 1. The topological polar surface area (TPSA) is 43.1 Å². The first-order valence-electron chi connectivity index (χ1n) is 6.13. The molecule has 118 valence electrons. The third-order valence-corrected chi connectivity index (χ3v) is 9.49. The standard InChI is InChI=1S/C13H7BrCl5NO2/c14-13(19)11(17)5-8(12(13,18)10(16)9(11)15)6-2-1-3-7(4-6)20(21)22/h1-4,8H,5H2/t8-,11-,12+,13-/m1/s1. The van der Waals surface area contributed by atoms with E-state index >= 15 is 0 Å². The fourth-order valence-corrected chi connectivity index (χ4v) is 6.47. The molecular formula is C13H7BrCl5NO2. The van der Waals surface area contributed by atoms with E-state index in [1.165, 1.54) is 12.1 Å². The number of nitro groups is 1. The summed E-state index contributed by atoms with van der Waals surface area (Å²) in [4.78, 5) is 8.03. The van der Waals surface area contributed by atoms with Crippen LogP contribution >= 0.6 is 73.9 Å². The van der Waals surface area contributed by atoms with Crippen LogP contribution in [0.5, 0.6) is 0 Å². The van der Waals surface area contributed by atoms with Gasteiger partial charge in [-0.15, -0.1) is 34.8 Å². The van der Waals surface area contributed by atoms with E-state index in [0.717, 1.165) is 0 Å². The minimum atomic E-state index is -1.29. The molecule has 9 heteroatoms. The predicted octanol–water partition coefficient (Wildman–Crippen LogP) is 6.07. The maximum Gasteiger partial charge on any atom is 0.269 e. The smallest absolute Gasteiger partial charge is 0.258 e. The van der Waals surface area contributed by atoms with Crippen molar-refractivity contribution in [3.8, 4) is 0 Å². The second-order valence-corrected chi connectivity index (χ2v) is 9.53. The van der Waals surface area contributed by atoms with Gasteiger partial charge in [0.25, 0.3) is 5.69 Å². The Labute approximate surface area is 159 Å². The maximum absolute atomic E-state index is 11.0. The number of nitrogens with zero attached hydrogens (tertiary/aromatic N) is 1. The van der Waals surface area contributed by atoms with Gasteiger partial charge in [0.2, 0.25) is 0 Å². The lowest BCUT2D eigenvalue weighted by Gasteiger charge is -2.34. The first-order chi connectivity index (χ1) is 10.1. The minimum Gasteiger partial charge on any atom is -0.258 e. The van der Waals surface area contributed by atoms with Gasteiger partial charge in [0.05, 0.1) is 15.0 Å². The SMILES string of the molecule is O=[N+]([O-])c1cccc([C@H]2C[C@@]3(Cl)C(Cl)=C(Cl)[C@]2(Cl)[C@@]3(Cl)Br)c1. The number of hydrogen-bond donors (Lipinski definition) is 0. The van der Waals surface area contributed by atoms with Gasteiger partial charge in [-0.05, 0) is 12.0 Å². The highest BCUT2D eigenvalue weighted by Crippen LogP contribution is 2.76. The number of fused-ring (bicyclic) bond motifs is 2. The van der Waals surface area contributed by atoms with Crippen LogP contribution in [0, 0.1) is 10.1 Å². The molecule has 0 saturated heterocycles. The van der Waals surface area contributed by atoms with Gasteiger partial charge < -0.3 is 0 Å². The van der Waals surface area contributed by atoms with Crippen molar-refractivity contribution in [2.24, 2.45) is 0 Å². The zero-order valence-corrected chi connectivity index (χ0v) is 16.0. The number of non-ortho nitro benzene ring substituents is 1. The first kappa shape index (κ1) is 17.1. The Bertz CT molecular complexity index is 724. The monoisotopic (exact) mass is 463 g/mol. The van der Waals surface area contributed by atoms with Crippen LogP contribution in [0.1, 0.15) is 17.9 Å². The highest BCUT2D eigenvalue weighted by Gasteiger charge is 2.78. The number of halogens is 6. The van der Waals surface area contributed by atoms with Crippen LogP contribution in [0.2, 0.25) is 0 Å². The van der Waals surface area contributed by atoms with Gasteiger partial charge in [0.1, 0.15) is 13.5 Å². The van der Waals surface area contributed by atoms with E-state index in [2.05, 4.69) is 15.9 Å². The molecule has 0 aromatic heterocycles.